The van der Waals surface area contributed by atoms with Crippen molar-refractivity contribution in [3.05, 3.63) is 35.9 Å². The predicted molar refractivity (Wildman–Crippen MR) is 83.6 cm³/mol. The zero-order valence-electron chi connectivity index (χ0n) is 11.6. The number of benzene rings is 1. The summed E-state index contributed by atoms with van der Waals surface area (Å²) in [6.45, 7) is 7.64. The summed E-state index contributed by atoms with van der Waals surface area (Å²) < 4.78 is 0. The summed E-state index contributed by atoms with van der Waals surface area (Å²) in [7, 11) is 0. The lowest BCUT2D eigenvalue weighted by Gasteiger charge is -2.28. The van der Waals surface area contributed by atoms with Crippen molar-refractivity contribution in [1.82, 2.24) is 9.80 Å². The van der Waals surface area contributed by atoms with E-state index in [1.165, 1.54) is 56.2 Å². The Bertz CT molecular complexity index is 376. The molecular formula is C16H24N2S. The van der Waals surface area contributed by atoms with Gasteiger partial charge < -0.3 is 4.90 Å². The fourth-order valence-electron chi connectivity index (χ4n) is 3.20. The number of thioether (sulfide) groups is 1. The van der Waals surface area contributed by atoms with Crippen molar-refractivity contribution in [2.45, 2.75) is 13.0 Å². The smallest absolute Gasteiger partial charge is 0.0233 e. The maximum atomic E-state index is 2.67. The number of rotatable bonds is 4. The average Bonchev–Trinajstić information content (AvgIpc) is 2.88. The molecule has 1 aromatic rings. The molecule has 0 saturated carbocycles. The summed E-state index contributed by atoms with van der Waals surface area (Å²) in [6.07, 6.45) is 1.39. The topological polar surface area (TPSA) is 6.48 Å². The third-order valence-corrected chi connectivity index (χ3v) is 5.18. The van der Waals surface area contributed by atoms with Gasteiger partial charge in [0, 0.05) is 44.2 Å². The van der Waals surface area contributed by atoms with Gasteiger partial charge in [0.15, 0.2) is 0 Å². The van der Waals surface area contributed by atoms with Crippen molar-refractivity contribution in [3.63, 3.8) is 0 Å². The molecule has 0 aliphatic carbocycles. The Morgan fingerprint density at radius 2 is 1.79 bits per heavy atom. The van der Waals surface area contributed by atoms with Crippen LogP contribution in [0.4, 0.5) is 0 Å². The van der Waals surface area contributed by atoms with E-state index in [1.54, 1.807) is 0 Å². The van der Waals surface area contributed by atoms with Crippen LogP contribution < -0.4 is 0 Å². The van der Waals surface area contributed by atoms with Gasteiger partial charge in [-0.1, -0.05) is 30.3 Å². The Morgan fingerprint density at radius 1 is 1.00 bits per heavy atom. The summed E-state index contributed by atoms with van der Waals surface area (Å²) >= 11 is 2.11. The predicted octanol–water partition coefficient (Wildman–Crippen LogP) is 2.56. The van der Waals surface area contributed by atoms with E-state index in [9.17, 15) is 0 Å². The number of hydrogen-bond donors (Lipinski definition) is 0. The second kappa shape index (κ2) is 6.78. The first kappa shape index (κ1) is 13.5. The van der Waals surface area contributed by atoms with E-state index in [0.29, 0.717) is 0 Å². The van der Waals surface area contributed by atoms with E-state index < -0.39 is 0 Å². The summed E-state index contributed by atoms with van der Waals surface area (Å²) in [4.78, 5) is 5.30. The van der Waals surface area contributed by atoms with Crippen LogP contribution in [-0.2, 0) is 6.54 Å². The molecule has 0 aromatic heterocycles. The molecule has 2 aliphatic heterocycles. The van der Waals surface area contributed by atoms with E-state index in [-0.39, 0.29) is 0 Å². The van der Waals surface area contributed by atoms with Gasteiger partial charge in [0.2, 0.25) is 0 Å². The standard InChI is InChI=1S/C16H24N2S/c1-2-4-15(5-3-1)12-18-7-6-16(14-18)13-17-8-10-19-11-9-17/h1-5,16H,6-14H2/t16-/m0/s1. The maximum Gasteiger partial charge on any atom is 0.0233 e. The summed E-state index contributed by atoms with van der Waals surface area (Å²) in [6, 6.07) is 10.9. The van der Waals surface area contributed by atoms with Crippen LogP contribution in [0, 0.1) is 5.92 Å². The highest BCUT2D eigenvalue weighted by molar-refractivity contribution is 7.99. The molecule has 0 radical (unpaired) electrons. The van der Waals surface area contributed by atoms with Crippen molar-refractivity contribution in [3.8, 4) is 0 Å². The van der Waals surface area contributed by atoms with Gasteiger partial charge in [-0.05, 0) is 24.4 Å². The Balaban J connectivity index is 1.44. The first-order valence-electron chi connectivity index (χ1n) is 7.46. The van der Waals surface area contributed by atoms with Crippen LogP contribution in [0.1, 0.15) is 12.0 Å². The van der Waals surface area contributed by atoms with E-state index in [0.717, 1.165) is 12.5 Å². The van der Waals surface area contributed by atoms with Crippen molar-refractivity contribution in [2.24, 2.45) is 5.92 Å². The third-order valence-electron chi connectivity index (χ3n) is 4.24. The van der Waals surface area contributed by atoms with Crippen molar-refractivity contribution in [2.75, 3.05) is 44.2 Å². The maximum absolute atomic E-state index is 2.67. The minimum atomic E-state index is 0.895. The Labute approximate surface area is 121 Å². The molecule has 2 saturated heterocycles. The third kappa shape index (κ3) is 3.98. The highest BCUT2D eigenvalue weighted by Crippen LogP contribution is 2.21. The van der Waals surface area contributed by atoms with Gasteiger partial charge >= 0.3 is 0 Å². The SMILES string of the molecule is c1ccc(CN2CC[C@@H](CN3CCSCC3)C2)cc1. The minimum Gasteiger partial charge on any atom is -0.301 e. The Hall–Kier alpha value is -0.510. The van der Waals surface area contributed by atoms with Crippen LogP contribution in [0.25, 0.3) is 0 Å². The normalized spacial score (nSPS) is 25.8. The van der Waals surface area contributed by atoms with E-state index in [2.05, 4.69) is 51.9 Å². The molecule has 2 fully saturated rings. The second-order valence-electron chi connectivity index (χ2n) is 5.79. The van der Waals surface area contributed by atoms with Crippen LogP contribution in [0.5, 0.6) is 0 Å². The zero-order chi connectivity index (χ0) is 12.9. The van der Waals surface area contributed by atoms with Gasteiger partial charge in [-0.2, -0.15) is 11.8 Å². The van der Waals surface area contributed by atoms with Gasteiger partial charge in [-0.3, -0.25) is 4.90 Å². The molecule has 0 amide bonds. The lowest BCUT2D eigenvalue weighted by Crippen LogP contribution is -2.37. The van der Waals surface area contributed by atoms with Gasteiger partial charge in [0.05, 0.1) is 0 Å². The van der Waals surface area contributed by atoms with E-state index >= 15 is 0 Å². The molecule has 104 valence electrons. The molecule has 2 aliphatic rings. The molecule has 19 heavy (non-hydrogen) atoms. The first-order valence-corrected chi connectivity index (χ1v) is 8.62. The molecule has 1 aromatic carbocycles. The van der Waals surface area contributed by atoms with Gasteiger partial charge in [0.1, 0.15) is 0 Å². The molecule has 3 rings (SSSR count). The minimum absolute atomic E-state index is 0.895. The van der Waals surface area contributed by atoms with Crippen molar-refractivity contribution in [1.29, 1.82) is 0 Å². The van der Waals surface area contributed by atoms with Crippen LogP contribution in [0.3, 0.4) is 0 Å². The van der Waals surface area contributed by atoms with E-state index in [4.69, 9.17) is 0 Å². The number of likely N-dealkylation sites (tertiary alicyclic amines) is 1. The molecule has 2 heterocycles. The largest absolute Gasteiger partial charge is 0.301 e. The lowest BCUT2D eigenvalue weighted by atomic mass is 10.1. The van der Waals surface area contributed by atoms with Crippen LogP contribution in [0.15, 0.2) is 30.3 Å². The monoisotopic (exact) mass is 276 g/mol. The summed E-state index contributed by atoms with van der Waals surface area (Å²) in [5.41, 5.74) is 1.46. The average molecular weight is 276 g/mol. The van der Waals surface area contributed by atoms with Crippen molar-refractivity contribution >= 4 is 11.8 Å². The highest BCUT2D eigenvalue weighted by Gasteiger charge is 2.24. The van der Waals surface area contributed by atoms with Crippen molar-refractivity contribution < 1.29 is 0 Å². The van der Waals surface area contributed by atoms with Gasteiger partial charge in [-0.15, -0.1) is 0 Å². The zero-order valence-corrected chi connectivity index (χ0v) is 12.4. The van der Waals surface area contributed by atoms with Gasteiger partial charge in [0.25, 0.3) is 0 Å². The summed E-state index contributed by atoms with van der Waals surface area (Å²) in [5, 5.41) is 0. The first-order chi connectivity index (χ1) is 9.40. The molecule has 0 spiro atoms. The number of hydrogen-bond acceptors (Lipinski definition) is 3. The summed E-state index contributed by atoms with van der Waals surface area (Å²) in [5.74, 6) is 3.56. The molecule has 2 nitrogen and oxygen atoms in total. The number of nitrogens with zero attached hydrogens (tertiary/aromatic N) is 2. The van der Waals surface area contributed by atoms with Crippen LogP contribution in [-0.4, -0.2) is 54.0 Å². The Kier molecular flexibility index (Phi) is 4.81. The van der Waals surface area contributed by atoms with Crippen LogP contribution in [0.2, 0.25) is 0 Å². The molecule has 0 bridgehead atoms. The quantitative estimate of drug-likeness (QED) is 0.834. The fourth-order valence-corrected chi connectivity index (χ4v) is 4.17. The second-order valence-corrected chi connectivity index (χ2v) is 7.01. The molecule has 0 unspecified atom stereocenters. The van der Waals surface area contributed by atoms with E-state index in [1.807, 2.05) is 0 Å². The lowest BCUT2D eigenvalue weighted by molar-refractivity contribution is 0.241. The Morgan fingerprint density at radius 3 is 2.58 bits per heavy atom. The highest BCUT2D eigenvalue weighted by atomic mass is 32.2. The molecule has 0 N–H and O–H groups in total. The fraction of sp³-hybridized carbons (Fsp3) is 0.625. The molecule has 3 heteroatoms. The molecular weight excluding hydrogens is 252 g/mol. The van der Waals surface area contributed by atoms with Gasteiger partial charge in [-0.25, -0.2) is 0 Å². The van der Waals surface area contributed by atoms with Crippen LogP contribution >= 0.6 is 11.8 Å². The molecule has 1 atom stereocenters.